The maximum Gasteiger partial charge on any atom is 0.241 e. The Bertz CT molecular complexity index is 253. The van der Waals surface area contributed by atoms with Crippen LogP contribution in [-0.4, -0.2) is 35.2 Å². The van der Waals surface area contributed by atoms with Crippen molar-refractivity contribution in [3.05, 3.63) is 0 Å². The first-order valence-corrected chi connectivity index (χ1v) is 5.91. The third kappa shape index (κ3) is 8.67. The van der Waals surface area contributed by atoms with Gasteiger partial charge in [0, 0.05) is 0 Å². The zero-order valence-electron chi connectivity index (χ0n) is 9.71. The molecule has 0 fully saturated rings. The number of hydrogen-bond donors (Lipinski definition) is 0. The molecule has 0 spiro atoms. The average molecular weight is 250 g/mol. The van der Waals surface area contributed by atoms with Gasteiger partial charge in [-0.05, 0) is 20.8 Å². The standard InChI is InChI=1S/C10H17FNO3S/c1-10(2,3)15-9(4-8(12)14)16-6-7(13)5-11/h9,12H,4-6H2,1-3H3. The number of nitrogens with one attached hydrogen (secondary N) is 1. The molecule has 0 rings (SSSR count). The molecule has 0 aromatic rings. The number of thioether (sulfide) groups is 1. The van der Waals surface area contributed by atoms with Crippen molar-refractivity contribution in [2.75, 3.05) is 12.4 Å². The molecule has 93 valence electrons. The SMILES string of the molecule is CC(C)(C)OC(CC([NH])=O)SCC(=O)CF. The zero-order chi connectivity index (χ0) is 12.8. The van der Waals surface area contributed by atoms with E-state index in [1.165, 1.54) is 0 Å². The predicted octanol–water partition coefficient (Wildman–Crippen LogP) is 1.60. The number of carbonyl (C=O) groups excluding carboxylic acids is 2. The van der Waals surface area contributed by atoms with Crippen LogP contribution >= 0.6 is 11.8 Å². The quantitative estimate of drug-likeness (QED) is 0.644. The Morgan fingerprint density at radius 1 is 1.44 bits per heavy atom. The van der Waals surface area contributed by atoms with E-state index in [1.54, 1.807) is 0 Å². The molecule has 0 aliphatic carbocycles. The van der Waals surface area contributed by atoms with Crippen molar-refractivity contribution in [1.82, 2.24) is 5.73 Å². The summed E-state index contributed by atoms with van der Waals surface area (Å²) >= 11 is 1.06. The Kier molecular flexibility index (Phi) is 6.59. The molecule has 0 aromatic carbocycles. The van der Waals surface area contributed by atoms with Crippen LogP contribution in [0.15, 0.2) is 0 Å². The Morgan fingerprint density at radius 3 is 2.38 bits per heavy atom. The summed E-state index contributed by atoms with van der Waals surface area (Å²) < 4.78 is 17.4. The third-order valence-electron chi connectivity index (χ3n) is 1.42. The molecule has 0 bridgehead atoms. The number of Topliss-reactive ketones (excluding diaryl/α,β-unsaturated/α-hetero) is 1. The van der Waals surface area contributed by atoms with Crippen LogP contribution in [0.4, 0.5) is 4.39 Å². The van der Waals surface area contributed by atoms with Crippen LogP contribution in [0, 0.1) is 0 Å². The number of hydrogen-bond acceptors (Lipinski definition) is 4. The molecule has 16 heavy (non-hydrogen) atoms. The zero-order valence-corrected chi connectivity index (χ0v) is 10.5. The molecular formula is C10H17FNO3S. The summed E-state index contributed by atoms with van der Waals surface area (Å²) in [5, 5.41) is 0. The number of halogens is 1. The van der Waals surface area contributed by atoms with Crippen molar-refractivity contribution < 1.29 is 18.7 Å². The summed E-state index contributed by atoms with van der Waals surface area (Å²) in [4.78, 5) is 21.5. The second-order valence-electron chi connectivity index (χ2n) is 4.27. The van der Waals surface area contributed by atoms with Crippen LogP contribution in [0.25, 0.3) is 0 Å². The summed E-state index contributed by atoms with van der Waals surface area (Å²) in [6.45, 7) is 4.42. The van der Waals surface area contributed by atoms with Gasteiger partial charge in [0.25, 0.3) is 0 Å². The number of alkyl halides is 1. The molecule has 0 aromatic heterocycles. The van der Waals surface area contributed by atoms with Gasteiger partial charge in [-0.15, -0.1) is 11.8 Å². The van der Waals surface area contributed by atoms with Crippen LogP contribution < -0.4 is 5.73 Å². The monoisotopic (exact) mass is 250 g/mol. The number of ether oxygens (including phenoxy) is 1. The van der Waals surface area contributed by atoms with Gasteiger partial charge in [-0.2, -0.15) is 0 Å². The number of amides is 1. The van der Waals surface area contributed by atoms with Gasteiger partial charge >= 0.3 is 0 Å². The molecule has 0 aliphatic heterocycles. The van der Waals surface area contributed by atoms with Crippen LogP contribution in [0.5, 0.6) is 0 Å². The molecule has 1 amide bonds. The fourth-order valence-electron chi connectivity index (χ4n) is 0.905. The lowest BCUT2D eigenvalue weighted by molar-refractivity contribution is -0.122. The van der Waals surface area contributed by atoms with Gasteiger partial charge in [0.1, 0.15) is 12.1 Å². The predicted molar refractivity (Wildman–Crippen MR) is 60.8 cm³/mol. The highest BCUT2D eigenvalue weighted by Gasteiger charge is 2.22. The molecule has 4 nitrogen and oxygen atoms in total. The van der Waals surface area contributed by atoms with Gasteiger partial charge in [-0.25, -0.2) is 4.39 Å². The van der Waals surface area contributed by atoms with Crippen molar-refractivity contribution in [2.45, 2.75) is 38.2 Å². The minimum absolute atomic E-state index is 0.0372. The topological polar surface area (TPSA) is 67.2 Å². The van der Waals surface area contributed by atoms with Crippen molar-refractivity contribution in [2.24, 2.45) is 0 Å². The second kappa shape index (κ2) is 6.85. The molecule has 0 aliphatic rings. The van der Waals surface area contributed by atoms with E-state index in [0.29, 0.717) is 0 Å². The molecule has 1 radical (unpaired) electrons. The molecule has 1 atom stereocenters. The first-order valence-electron chi connectivity index (χ1n) is 4.86. The fraction of sp³-hybridized carbons (Fsp3) is 0.800. The summed E-state index contributed by atoms with van der Waals surface area (Å²) in [7, 11) is 0. The Hall–Kier alpha value is -0.620. The van der Waals surface area contributed by atoms with E-state index in [9.17, 15) is 14.0 Å². The van der Waals surface area contributed by atoms with Crippen LogP contribution in [0.2, 0.25) is 0 Å². The van der Waals surface area contributed by atoms with Gasteiger partial charge in [0.2, 0.25) is 5.91 Å². The van der Waals surface area contributed by atoms with Gasteiger partial charge in [0.05, 0.1) is 17.8 Å². The minimum atomic E-state index is -1.01. The maximum atomic E-state index is 11.9. The summed E-state index contributed by atoms with van der Waals surface area (Å²) in [5.41, 5.74) is 5.82. The van der Waals surface area contributed by atoms with Gasteiger partial charge in [0.15, 0.2) is 5.78 Å². The number of ketones is 1. The highest BCUT2D eigenvalue weighted by molar-refractivity contribution is 8.00. The van der Waals surface area contributed by atoms with Crippen LogP contribution in [-0.2, 0) is 14.3 Å². The molecule has 1 N–H and O–H groups in total. The van der Waals surface area contributed by atoms with E-state index < -0.39 is 29.4 Å². The van der Waals surface area contributed by atoms with Gasteiger partial charge in [-0.3, -0.25) is 15.3 Å². The lowest BCUT2D eigenvalue weighted by Gasteiger charge is -2.26. The Labute approximate surface area is 99.1 Å². The Morgan fingerprint density at radius 2 is 2.00 bits per heavy atom. The van der Waals surface area contributed by atoms with E-state index in [4.69, 9.17) is 10.5 Å². The third-order valence-corrected chi connectivity index (χ3v) is 2.54. The fourth-order valence-corrected chi connectivity index (χ4v) is 1.98. The maximum absolute atomic E-state index is 11.9. The van der Waals surface area contributed by atoms with E-state index >= 15 is 0 Å². The molecule has 0 saturated heterocycles. The van der Waals surface area contributed by atoms with E-state index in [-0.39, 0.29) is 12.2 Å². The largest absolute Gasteiger partial charge is 0.361 e. The summed E-state index contributed by atoms with van der Waals surface area (Å²) in [5.74, 6) is -1.33. The smallest absolute Gasteiger partial charge is 0.241 e. The van der Waals surface area contributed by atoms with Gasteiger partial charge in [-0.1, -0.05) is 0 Å². The lowest BCUT2D eigenvalue weighted by atomic mass is 10.2. The molecule has 0 heterocycles. The highest BCUT2D eigenvalue weighted by Crippen LogP contribution is 2.22. The van der Waals surface area contributed by atoms with E-state index in [1.807, 2.05) is 20.8 Å². The number of carbonyl (C=O) groups is 2. The second-order valence-corrected chi connectivity index (χ2v) is 5.42. The van der Waals surface area contributed by atoms with Gasteiger partial charge < -0.3 is 4.74 Å². The van der Waals surface area contributed by atoms with E-state index in [2.05, 4.69) is 0 Å². The van der Waals surface area contributed by atoms with Crippen LogP contribution in [0.1, 0.15) is 27.2 Å². The van der Waals surface area contributed by atoms with Crippen molar-refractivity contribution >= 4 is 23.5 Å². The van der Waals surface area contributed by atoms with E-state index in [0.717, 1.165) is 11.8 Å². The number of rotatable bonds is 7. The van der Waals surface area contributed by atoms with Crippen molar-refractivity contribution in [3.63, 3.8) is 0 Å². The highest BCUT2D eigenvalue weighted by atomic mass is 32.2. The molecule has 0 saturated carbocycles. The van der Waals surface area contributed by atoms with Crippen LogP contribution in [0.3, 0.4) is 0 Å². The molecule has 1 unspecified atom stereocenters. The van der Waals surface area contributed by atoms with Crippen molar-refractivity contribution in [1.29, 1.82) is 0 Å². The summed E-state index contributed by atoms with van der Waals surface area (Å²) in [6, 6.07) is 0. The minimum Gasteiger partial charge on any atom is -0.361 e. The lowest BCUT2D eigenvalue weighted by Crippen LogP contribution is -2.28. The van der Waals surface area contributed by atoms with Crippen molar-refractivity contribution in [3.8, 4) is 0 Å². The average Bonchev–Trinajstić information content (AvgIpc) is 2.10. The normalized spacial score (nSPS) is 13.5. The first kappa shape index (κ1) is 15.4. The first-order chi connectivity index (χ1) is 7.24. The Balaban J connectivity index is 4.21. The molecule has 6 heteroatoms. The summed E-state index contributed by atoms with van der Waals surface area (Å²) in [6.07, 6.45) is -0.0957. The molecular weight excluding hydrogens is 233 g/mol.